The third kappa shape index (κ3) is 3.74. The van der Waals surface area contributed by atoms with Crippen LogP contribution in [0.2, 0.25) is 0 Å². The maximum Gasteiger partial charge on any atom is 0.306 e. The van der Waals surface area contributed by atoms with Crippen LogP contribution in [0, 0.1) is 0 Å². The van der Waals surface area contributed by atoms with Crippen molar-refractivity contribution in [3.05, 3.63) is 29.8 Å². The van der Waals surface area contributed by atoms with Gasteiger partial charge in [0.05, 0.1) is 17.8 Å². The second kappa shape index (κ2) is 6.76. The van der Waals surface area contributed by atoms with Gasteiger partial charge in [-0.25, -0.2) is 0 Å². The number of thioether (sulfide) groups is 1. The molecule has 6 heteroatoms. The Labute approximate surface area is 121 Å². The first kappa shape index (κ1) is 14.9. The van der Waals surface area contributed by atoms with E-state index in [1.54, 1.807) is 11.8 Å². The maximum atomic E-state index is 12.1. The van der Waals surface area contributed by atoms with Crippen molar-refractivity contribution in [2.45, 2.75) is 29.1 Å². The number of carboxylic acid groups (broad SMARTS) is 1. The molecule has 1 heterocycles. The quantitative estimate of drug-likeness (QED) is 0.827. The molecule has 0 aliphatic carbocycles. The minimum Gasteiger partial charge on any atom is -0.481 e. The number of hydrogen-bond acceptors (Lipinski definition) is 4. The first-order chi connectivity index (χ1) is 9.60. The number of aliphatic carboxylic acids is 1. The lowest BCUT2D eigenvalue weighted by atomic mass is 10.1. The predicted octanol–water partition coefficient (Wildman–Crippen LogP) is 1.31. The Bertz CT molecular complexity index is 481. The first-order valence-electron chi connectivity index (χ1n) is 6.37. The van der Waals surface area contributed by atoms with E-state index in [-0.39, 0.29) is 24.1 Å². The Morgan fingerprint density at radius 2 is 2.25 bits per heavy atom. The smallest absolute Gasteiger partial charge is 0.306 e. The van der Waals surface area contributed by atoms with E-state index in [9.17, 15) is 9.59 Å². The van der Waals surface area contributed by atoms with Crippen molar-refractivity contribution >= 4 is 23.6 Å². The highest BCUT2D eigenvalue weighted by atomic mass is 32.2. The van der Waals surface area contributed by atoms with Crippen molar-refractivity contribution in [2.24, 2.45) is 0 Å². The molecule has 0 bridgehead atoms. The fourth-order valence-electron chi connectivity index (χ4n) is 2.09. The summed E-state index contributed by atoms with van der Waals surface area (Å²) in [6, 6.07) is 7.96. The minimum atomic E-state index is -0.936. The summed E-state index contributed by atoms with van der Waals surface area (Å²) in [5.41, 5.74) is 1.19. The van der Waals surface area contributed by atoms with Gasteiger partial charge in [0.25, 0.3) is 0 Å². The average molecular weight is 295 g/mol. The van der Waals surface area contributed by atoms with E-state index < -0.39 is 12.1 Å². The lowest BCUT2D eigenvalue weighted by Gasteiger charge is -2.15. The SMILES string of the molecule is COC(CNC(=O)C1Cc2ccccc2S1)CC(=O)O. The fourth-order valence-corrected chi connectivity index (χ4v) is 3.31. The molecule has 20 heavy (non-hydrogen) atoms. The predicted molar refractivity (Wildman–Crippen MR) is 75.9 cm³/mol. The van der Waals surface area contributed by atoms with Crippen LogP contribution in [0.25, 0.3) is 0 Å². The summed E-state index contributed by atoms with van der Waals surface area (Å²) in [5.74, 6) is -1.01. The molecule has 2 atom stereocenters. The van der Waals surface area contributed by atoms with Crippen LogP contribution < -0.4 is 5.32 Å². The second-order valence-corrected chi connectivity index (χ2v) is 5.86. The van der Waals surface area contributed by atoms with Crippen LogP contribution in [0.4, 0.5) is 0 Å². The molecule has 2 unspecified atom stereocenters. The van der Waals surface area contributed by atoms with E-state index >= 15 is 0 Å². The van der Waals surface area contributed by atoms with Gasteiger partial charge in [-0.1, -0.05) is 18.2 Å². The third-order valence-corrected chi connectivity index (χ3v) is 4.50. The number of ether oxygens (including phenoxy) is 1. The van der Waals surface area contributed by atoms with Crippen molar-refractivity contribution < 1.29 is 19.4 Å². The summed E-state index contributed by atoms with van der Waals surface area (Å²) >= 11 is 1.55. The Morgan fingerprint density at radius 1 is 1.50 bits per heavy atom. The van der Waals surface area contributed by atoms with Crippen molar-refractivity contribution in [2.75, 3.05) is 13.7 Å². The van der Waals surface area contributed by atoms with E-state index in [1.807, 2.05) is 24.3 Å². The second-order valence-electron chi connectivity index (χ2n) is 4.62. The number of methoxy groups -OCH3 is 1. The molecule has 1 aromatic carbocycles. The fraction of sp³-hybridized carbons (Fsp3) is 0.429. The van der Waals surface area contributed by atoms with Crippen LogP contribution in [-0.2, 0) is 20.7 Å². The van der Waals surface area contributed by atoms with E-state index in [1.165, 1.54) is 12.7 Å². The Morgan fingerprint density at radius 3 is 2.90 bits per heavy atom. The van der Waals surface area contributed by atoms with E-state index in [0.717, 1.165) is 4.90 Å². The van der Waals surface area contributed by atoms with Gasteiger partial charge in [-0.05, 0) is 18.1 Å². The highest BCUT2D eigenvalue weighted by molar-refractivity contribution is 8.01. The van der Waals surface area contributed by atoms with Gasteiger partial charge < -0.3 is 15.2 Å². The highest BCUT2D eigenvalue weighted by Crippen LogP contribution is 2.36. The lowest BCUT2D eigenvalue weighted by molar-refractivity contribution is -0.140. The van der Waals surface area contributed by atoms with E-state index in [0.29, 0.717) is 6.42 Å². The molecule has 0 saturated heterocycles. The first-order valence-corrected chi connectivity index (χ1v) is 7.25. The Hall–Kier alpha value is -1.53. The summed E-state index contributed by atoms with van der Waals surface area (Å²) in [5, 5.41) is 11.3. The molecule has 0 saturated carbocycles. The molecule has 2 rings (SSSR count). The molecular weight excluding hydrogens is 278 g/mol. The molecule has 0 spiro atoms. The normalized spacial score (nSPS) is 18.4. The summed E-state index contributed by atoms with van der Waals surface area (Å²) < 4.78 is 5.03. The van der Waals surface area contributed by atoms with Gasteiger partial charge >= 0.3 is 5.97 Å². The molecule has 108 valence electrons. The highest BCUT2D eigenvalue weighted by Gasteiger charge is 2.28. The topological polar surface area (TPSA) is 75.6 Å². The van der Waals surface area contributed by atoms with Crippen LogP contribution >= 0.6 is 11.8 Å². The zero-order valence-electron chi connectivity index (χ0n) is 11.2. The van der Waals surface area contributed by atoms with Crippen molar-refractivity contribution in [3.63, 3.8) is 0 Å². The van der Waals surface area contributed by atoms with Gasteiger partial charge in [0.15, 0.2) is 0 Å². The molecule has 0 aromatic heterocycles. The summed E-state index contributed by atoms with van der Waals surface area (Å²) in [6.45, 7) is 0.217. The number of amides is 1. The number of carbonyl (C=O) groups is 2. The third-order valence-electron chi connectivity index (χ3n) is 3.18. The molecule has 1 aliphatic heterocycles. The number of rotatable bonds is 6. The standard InChI is InChI=1S/C14H17NO4S/c1-19-10(7-13(16)17)8-15-14(18)12-6-9-4-2-3-5-11(9)20-12/h2-5,10,12H,6-8H2,1H3,(H,15,18)(H,16,17). The van der Waals surface area contributed by atoms with E-state index in [2.05, 4.69) is 5.32 Å². The number of benzene rings is 1. The zero-order chi connectivity index (χ0) is 14.5. The van der Waals surface area contributed by atoms with Gasteiger partial charge in [-0.2, -0.15) is 0 Å². The van der Waals surface area contributed by atoms with Crippen molar-refractivity contribution in [1.29, 1.82) is 0 Å². The van der Waals surface area contributed by atoms with Gasteiger partial charge in [-0.3, -0.25) is 9.59 Å². The molecule has 2 N–H and O–H groups in total. The molecule has 5 nitrogen and oxygen atoms in total. The molecule has 0 radical (unpaired) electrons. The van der Waals surface area contributed by atoms with Gasteiger partial charge in [-0.15, -0.1) is 11.8 Å². The average Bonchev–Trinajstić information content (AvgIpc) is 2.86. The van der Waals surface area contributed by atoms with E-state index in [4.69, 9.17) is 9.84 Å². The van der Waals surface area contributed by atoms with Gasteiger partial charge in [0.1, 0.15) is 0 Å². The van der Waals surface area contributed by atoms with Crippen LogP contribution in [0.3, 0.4) is 0 Å². The van der Waals surface area contributed by atoms with Crippen LogP contribution in [0.15, 0.2) is 29.2 Å². The maximum absolute atomic E-state index is 12.1. The Balaban J connectivity index is 1.83. The van der Waals surface area contributed by atoms with Crippen molar-refractivity contribution in [3.8, 4) is 0 Å². The number of hydrogen-bond donors (Lipinski definition) is 2. The summed E-state index contributed by atoms with van der Waals surface area (Å²) in [6.07, 6.45) is 0.100. The largest absolute Gasteiger partial charge is 0.481 e. The number of fused-ring (bicyclic) bond motifs is 1. The number of carbonyl (C=O) groups excluding carboxylic acids is 1. The summed E-state index contributed by atoms with van der Waals surface area (Å²) in [7, 11) is 1.44. The van der Waals surface area contributed by atoms with Crippen LogP contribution in [-0.4, -0.2) is 42.0 Å². The molecule has 1 aromatic rings. The minimum absolute atomic E-state index is 0.0707. The zero-order valence-corrected chi connectivity index (χ0v) is 12.0. The van der Waals surface area contributed by atoms with Gasteiger partial charge in [0, 0.05) is 18.6 Å². The number of carboxylic acids is 1. The Kier molecular flexibility index (Phi) is 5.03. The lowest BCUT2D eigenvalue weighted by Crippen LogP contribution is -2.39. The van der Waals surface area contributed by atoms with Gasteiger partial charge in [0.2, 0.25) is 5.91 Å². The van der Waals surface area contributed by atoms with Crippen LogP contribution in [0.5, 0.6) is 0 Å². The summed E-state index contributed by atoms with van der Waals surface area (Å²) in [4.78, 5) is 23.8. The van der Waals surface area contributed by atoms with Crippen molar-refractivity contribution in [1.82, 2.24) is 5.32 Å². The van der Waals surface area contributed by atoms with Crippen LogP contribution in [0.1, 0.15) is 12.0 Å². The molecule has 0 fully saturated rings. The molecule has 1 aliphatic rings. The monoisotopic (exact) mass is 295 g/mol. The molecular formula is C14H17NO4S. The number of nitrogens with one attached hydrogen (secondary N) is 1. The molecule has 1 amide bonds.